The van der Waals surface area contributed by atoms with E-state index in [2.05, 4.69) is 4.99 Å². The van der Waals surface area contributed by atoms with Crippen LogP contribution in [0.1, 0.15) is 13.8 Å². The zero-order chi connectivity index (χ0) is 8.77. The zero-order valence-electron chi connectivity index (χ0n) is 7.16. The lowest BCUT2D eigenvalue weighted by atomic mass is 9.87. The Bertz CT molecular complexity index is 264. The van der Waals surface area contributed by atoms with Gasteiger partial charge in [-0.25, -0.2) is 0 Å². The molecule has 2 aliphatic heterocycles. The van der Waals surface area contributed by atoms with Crippen molar-refractivity contribution in [2.45, 2.75) is 19.1 Å². The lowest BCUT2D eigenvalue weighted by molar-refractivity contribution is -0.118. The molecule has 1 fully saturated rings. The van der Waals surface area contributed by atoms with Crippen LogP contribution in [0.3, 0.4) is 0 Å². The zero-order valence-corrected chi connectivity index (χ0v) is 7.98. The van der Waals surface area contributed by atoms with Gasteiger partial charge in [-0.2, -0.15) is 0 Å². The second-order valence-electron chi connectivity index (χ2n) is 3.29. The lowest BCUT2D eigenvalue weighted by Crippen LogP contribution is -2.51. The SMILES string of the molecule is C[C@@H]1SC(=O)[C@]1(C)C1=NCCO1. The van der Waals surface area contributed by atoms with Crippen LogP contribution in [-0.4, -0.2) is 29.4 Å². The van der Waals surface area contributed by atoms with Gasteiger partial charge in [-0.05, 0) is 6.92 Å². The van der Waals surface area contributed by atoms with E-state index >= 15 is 0 Å². The van der Waals surface area contributed by atoms with E-state index in [0.717, 1.165) is 0 Å². The van der Waals surface area contributed by atoms with Gasteiger partial charge in [0.1, 0.15) is 12.0 Å². The fraction of sp³-hybridized carbons (Fsp3) is 0.750. The van der Waals surface area contributed by atoms with Crippen molar-refractivity contribution in [2.24, 2.45) is 10.4 Å². The summed E-state index contributed by atoms with van der Waals surface area (Å²) in [6, 6.07) is 0. The van der Waals surface area contributed by atoms with Crippen LogP contribution in [0, 0.1) is 5.41 Å². The first-order chi connectivity index (χ1) is 5.65. The predicted octanol–water partition coefficient (Wildman–Crippen LogP) is 1.08. The van der Waals surface area contributed by atoms with Crippen molar-refractivity contribution >= 4 is 22.8 Å². The van der Waals surface area contributed by atoms with Crippen LogP contribution in [0.2, 0.25) is 0 Å². The molecule has 2 rings (SSSR count). The van der Waals surface area contributed by atoms with Crippen molar-refractivity contribution in [3.8, 4) is 0 Å². The summed E-state index contributed by atoms with van der Waals surface area (Å²) >= 11 is 1.38. The molecule has 0 aliphatic carbocycles. The summed E-state index contributed by atoms with van der Waals surface area (Å²) in [7, 11) is 0. The predicted molar refractivity (Wildman–Crippen MR) is 48.4 cm³/mol. The van der Waals surface area contributed by atoms with E-state index in [-0.39, 0.29) is 5.12 Å². The highest BCUT2D eigenvalue weighted by Crippen LogP contribution is 2.48. The van der Waals surface area contributed by atoms with Gasteiger partial charge >= 0.3 is 0 Å². The molecule has 2 atom stereocenters. The summed E-state index contributed by atoms with van der Waals surface area (Å²) in [6.45, 7) is 5.29. The van der Waals surface area contributed by atoms with Crippen molar-refractivity contribution in [3.63, 3.8) is 0 Å². The Morgan fingerprint density at radius 2 is 2.50 bits per heavy atom. The molecule has 0 saturated carbocycles. The molecule has 0 spiro atoms. The maximum atomic E-state index is 11.4. The molecular formula is C8H11NO2S. The summed E-state index contributed by atoms with van der Waals surface area (Å²) in [6.07, 6.45) is 0. The molecule has 3 nitrogen and oxygen atoms in total. The average molecular weight is 185 g/mol. The molecule has 1 saturated heterocycles. The Kier molecular flexibility index (Phi) is 1.68. The highest BCUT2D eigenvalue weighted by atomic mass is 32.2. The van der Waals surface area contributed by atoms with Crippen molar-refractivity contribution < 1.29 is 9.53 Å². The molecule has 12 heavy (non-hydrogen) atoms. The number of nitrogens with zero attached hydrogens (tertiary/aromatic N) is 1. The summed E-state index contributed by atoms with van der Waals surface area (Å²) in [5.74, 6) is 0.652. The van der Waals surface area contributed by atoms with Crippen LogP contribution < -0.4 is 0 Å². The van der Waals surface area contributed by atoms with Gasteiger partial charge in [0.25, 0.3) is 0 Å². The molecule has 66 valence electrons. The molecule has 4 heteroatoms. The quantitative estimate of drug-likeness (QED) is 0.613. The first-order valence-electron chi connectivity index (χ1n) is 4.04. The van der Waals surface area contributed by atoms with Crippen molar-refractivity contribution in [1.82, 2.24) is 0 Å². The third-order valence-electron chi connectivity index (χ3n) is 2.55. The second-order valence-corrected chi connectivity index (χ2v) is 4.60. The minimum absolute atomic E-state index is 0.190. The highest BCUT2D eigenvalue weighted by Gasteiger charge is 2.55. The summed E-state index contributed by atoms with van der Waals surface area (Å²) in [4.78, 5) is 15.5. The van der Waals surface area contributed by atoms with E-state index in [9.17, 15) is 4.79 Å². The second kappa shape index (κ2) is 2.49. The smallest absolute Gasteiger partial charge is 0.205 e. The molecule has 0 bridgehead atoms. The van der Waals surface area contributed by atoms with Crippen LogP contribution in [0.25, 0.3) is 0 Å². The van der Waals surface area contributed by atoms with Crippen molar-refractivity contribution in [2.75, 3.05) is 13.2 Å². The Morgan fingerprint density at radius 3 is 2.92 bits per heavy atom. The minimum Gasteiger partial charge on any atom is -0.478 e. The Labute approximate surface area is 75.6 Å². The van der Waals surface area contributed by atoms with Gasteiger partial charge in [0.15, 0.2) is 5.90 Å². The van der Waals surface area contributed by atoms with Crippen LogP contribution in [0.4, 0.5) is 0 Å². The molecule has 2 aliphatic rings. The number of carbonyl (C=O) groups excluding carboxylic acids is 1. The summed E-state index contributed by atoms with van der Waals surface area (Å²) in [5.41, 5.74) is -0.429. The van der Waals surface area contributed by atoms with Crippen LogP contribution in [0.5, 0.6) is 0 Å². The largest absolute Gasteiger partial charge is 0.478 e. The Hall–Kier alpha value is -0.510. The normalized spacial score (nSPS) is 40.3. The third kappa shape index (κ3) is 0.843. The number of carbonyl (C=O) groups is 1. The number of thioether (sulfide) groups is 1. The first kappa shape index (κ1) is 8.10. The number of ether oxygens (including phenoxy) is 1. The maximum Gasteiger partial charge on any atom is 0.205 e. The van der Waals surface area contributed by atoms with Crippen molar-refractivity contribution in [1.29, 1.82) is 0 Å². The molecular weight excluding hydrogens is 174 g/mol. The van der Waals surface area contributed by atoms with Gasteiger partial charge in [0.2, 0.25) is 5.12 Å². The van der Waals surface area contributed by atoms with E-state index in [1.54, 1.807) is 0 Å². The number of hydrogen-bond acceptors (Lipinski definition) is 4. The van der Waals surface area contributed by atoms with E-state index in [4.69, 9.17) is 4.74 Å². The fourth-order valence-corrected chi connectivity index (χ4v) is 2.51. The molecule has 0 N–H and O–H groups in total. The van der Waals surface area contributed by atoms with E-state index < -0.39 is 5.41 Å². The van der Waals surface area contributed by atoms with Gasteiger partial charge in [-0.3, -0.25) is 9.79 Å². The van der Waals surface area contributed by atoms with Gasteiger partial charge in [0, 0.05) is 5.25 Å². The number of aliphatic imine (C=N–C) groups is 1. The minimum atomic E-state index is -0.429. The van der Waals surface area contributed by atoms with Gasteiger partial charge in [-0.15, -0.1) is 0 Å². The number of hydrogen-bond donors (Lipinski definition) is 0. The third-order valence-corrected chi connectivity index (χ3v) is 4.01. The monoisotopic (exact) mass is 185 g/mol. The molecule has 0 aromatic rings. The standard InChI is InChI=1S/C8H11NO2S/c1-5-8(2,7(10)12-5)6-9-3-4-11-6/h5H,3-4H2,1-2H3/t5-,8-/m0/s1. The van der Waals surface area contributed by atoms with Crippen LogP contribution in [-0.2, 0) is 9.53 Å². The van der Waals surface area contributed by atoms with Gasteiger partial charge < -0.3 is 4.74 Å². The lowest BCUT2D eigenvalue weighted by Gasteiger charge is -2.40. The fourth-order valence-electron chi connectivity index (χ4n) is 1.42. The topological polar surface area (TPSA) is 38.7 Å². The molecule has 0 radical (unpaired) electrons. The van der Waals surface area contributed by atoms with E-state index in [1.807, 2.05) is 13.8 Å². The molecule has 0 aromatic heterocycles. The summed E-state index contributed by atoms with van der Waals surface area (Å²) in [5, 5.41) is 0.498. The molecule has 0 unspecified atom stereocenters. The average Bonchev–Trinajstić information content (AvgIpc) is 2.55. The molecule has 0 aromatic carbocycles. The van der Waals surface area contributed by atoms with E-state index in [1.165, 1.54) is 11.8 Å². The first-order valence-corrected chi connectivity index (χ1v) is 4.92. The van der Waals surface area contributed by atoms with E-state index in [0.29, 0.717) is 24.3 Å². The molecule has 2 heterocycles. The highest BCUT2D eigenvalue weighted by molar-refractivity contribution is 8.16. The van der Waals surface area contributed by atoms with Crippen LogP contribution >= 0.6 is 11.8 Å². The number of rotatable bonds is 1. The van der Waals surface area contributed by atoms with Crippen molar-refractivity contribution in [3.05, 3.63) is 0 Å². The summed E-state index contributed by atoms with van der Waals surface area (Å²) < 4.78 is 5.32. The van der Waals surface area contributed by atoms with Crippen LogP contribution in [0.15, 0.2) is 4.99 Å². The Morgan fingerprint density at radius 1 is 1.75 bits per heavy atom. The van der Waals surface area contributed by atoms with Gasteiger partial charge in [-0.1, -0.05) is 18.7 Å². The van der Waals surface area contributed by atoms with Gasteiger partial charge in [0.05, 0.1) is 6.54 Å². The molecule has 0 amide bonds. The Balaban J connectivity index is 2.25. The maximum absolute atomic E-state index is 11.4.